The lowest BCUT2D eigenvalue weighted by atomic mass is 9.95. The van der Waals surface area contributed by atoms with Crippen molar-refractivity contribution in [3.8, 4) is 0 Å². The van der Waals surface area contributed by atoms with Crippen LogP contribution in [0, 0.1) is 0 Å². The number of hydrogen-bond donors (Lipinski definition) is 0. The largest absolute Gasteiger partial charge is 0.460 e. The van der Waals surface area contributed by atoms with E-state index >= 15 is 0 Å². The summed E-state index contributed by atoms with van der Waals surface area (Å²) in [5.41, 5.74) is 8.93. The summed E-state index contributed by atoms with van der Waals surface area (Å²) in [4.78, 5) is 29.1. The van der Waals surface area contributed by atoms with Crippen LogP contribution < -0.4 is 0 Å². The number of amides is 1. The zero-order chi connectivity index (χ0) is 23.2. The van der Waals surface area contributed by atoms with E-state index in [-0.39, 0.29) is 35.5 Å². The molecule has 3 rings (SSSR count). The Kier molecular flexibility index (Phi) is 6.21. The van der Waals surface area contributed by atoms with E-state index < -0.39 is 20.0 Å². The van der Waals surface area contributed by atoms with Gasteiger partial charge in [-0.05, 0) is 35.8 Å². The summed E-state index contributed by atoms with van der Waals surface area (Å²) in [7, 11) is -1.34. The average molecular weight is 465 g/mol. The monoisotopic (exact) mass is 464 g/mol. The first-order valence-corrected chi connectivity index (χ1v) is 13.5. The van der Waals surface area contributed by atoms with Gasteiger partial charge < -0.3 is 14.7 Å². The van der Waals surface area contributed by atoms with E-state index in [0.29, 0.717) is 11.6 Å². The Hall–Kier alpha value is -2.03. The number of rotatable bonds is 5. The van der Waals surface area contributed by atoms with Crippen molar-refractivity contribution >= 4 is 37.5 Å². The number of hydrogen-bond acceptors (Lipinski definition) is 5. The van der Waals surface area contributed by atoms with Crippen LogP contribution >= 0.6 is 11.6 Å². The highest BCUT2D eigenvalue weighted by atomic mass is 35.5. The Morgan fingerprint density at radius 3 is 2.42 bits per heavy atom. The second-order valence-corrected chi connectivity index (χ2v) is 14.6. The van der Waals surface area contributed by atoms with Crippen LogP contribution in [0.4, 0.5) is 0 Å². The number of ether oxygens (including phenoxy) is 1. The van der Waals surface area contributed by atoms with E-state index in [4.69, 9.17) is 20.8 Å². The molecule has 0 aliphatic carbocycles. The highest BCUT2D eigenvalue weighted by Gasteiger charge is 2.67. The molecule has 1 amide bonds. The molecule has 0 spiro atoms. The van der Waals surface area contributed by atoms with E-state index in [1.165, 1.54) is 12.1 Å². The molecule has 2 aliphatic heterocycles. The summed E-state index contributed by atoms with van der Waals surface area (Å²) in [6.07, 6.45) is 0.494. The molecule has 1 aromatic carbocycles. The number of fused-ring (bicyclic) bond motifs is 1. The Balaban J connectivity index is 2.21. The number of hydrazine groups is 1. The Bertz CT molecular complexity index is 940. The molecule has 0 aromatic heterocycles. The van der Waals surface area contributed by atoms with Gasteiger partial charge in [0.15, 0.2) is 8.32 Å². The molecule has 2 aliphatic rings. The maximum atomic E-state index is 13.1. The van der Waals surface area contributed by atoms with Gasteiger partial charge in [0.05, 0.1) is 13.2 Å². The fourth-order valence-electron chi connectivity index (χ4n) is 3.97. The van der Waals surface area contributed by atoms with Crippen LogP contribution in [0.5, 0.6) is 0 Å². The molecule has 0 radical (unpaired) electrons. The summed E-state index contributed by atoms with van der Waals surface area (Å²) in [5.74, 6) is -1.03. The smallest absolute Gasteiger partial charge is 0.428 e. The van der Waals surface area contributed by atoms with Crippen molar-refractivity contribution in [2.75, 3.05) is 13.7 Å². The fourth-order valence-corrected chi connectivity index (χ4v) is 5.52. The van der Waals surface area contributed by atoms with Crippen molar-refractivity contribution in [2.24, 2.45) is 0 Å². The van der Waals surface area contributed by atoms with Crippen molar-refractivity contribution in [1.82, 2.24) is 10.0 Å². The van der Waals surface area contributed by atoms with Gasteiger partial charge >= 0.3 is 11.7 Å². The molecule has 10 heteroatoms. The minimum atomic E-state index is -2.55. The third-order valence-electron chi connectivity index (χ3n) is 6.55. The number of carbonyl (C=O) groups excluding carboxylic acids is 2. The lowest BCUT2D eigenvalue weighted by Crippen LogP contribution is -2.63. The van der Waals surface area contributed by atoms with Gasteiger partial charge in [-0.25, -0.2) is 14.8 Å². The first kappa shape index (κ1) is 23.6. The number of nitrogens with zero attached hydrogens (tertiary/aromatic N) is 4. The first-order chi connectivity index (χ1) is 14.4. The number of halogens is 1. The fraction of sp³-hybridized carbons (Fsp3) is 0.571. The highest BCUT2D eigenvalue weighted by molar-refractivity contribution is 6.74. The van der Waals surface area contributed by atoms with Gasteiger partial charge in [0.25, 0.3) is 5.72 Å². The number of methoxy groups -OCH3 is 1. The Morgan fingerprint density at radius 1 is 1.29 bits per heavy atom. The van der Waals surface area contributed by atoms with E-state index in [1.54, 1.807) is 12.1 Å². The number of esters is 1. The van der Waals surface area contributed by atoms with Gasteiger partial charge in [-0.15, -0.1) is 0 Å². The third-order valence-corrected chi connectivity index (χ3v) is 11.3. The summed E-state index contributed by atoms with van der Waals surface area (Å²) in [5, 5.41) is 3.75. The summed E-state index contributed by atoms with van der Waals surface area (Å²) < 4.78 is 11.7. The molecule has 2 saturated heterocycles. The summed E-state index contributed by atoms with van der Waals surface area (Å²) in [6.45, 7) is 10.7. The molecule has 0 unspecified atom stereocenters. The number of benzene rings is 1. The maximum absolute atomic E-state index is 13.1. The van der Waals surface area contributed by atoms with Crippen molar-refractivity contribution in [3.63, 3.8) is 0 Å². The second-order valence-electron chi connectivity index (χ2n) is 9.48. The Labute approximate surface area is 188 Å². The molecule has 2 atom stereocenters. The van der Waals surface area contributed by atoms with Crippen molar-refractivity contribution in [1.29, 1.82) is 0 Å². The molecule has 8 nitrogen and oxygen atoms in total. The van der Waals surface area contributed by atoms with Gasteiger partial charge in [-0.3, -0.25) is 4.79 Å². The van der Waals surface area contributed by atoms with Crippen LogP contribution in [-0.2, 0) is 18.8 Å². The SMILES string of the molecule is COC(=O)C(=[N+]=[N-])[C@]1(O[Si](C)(C)C(C)(C)C)C[C@@H](c2ccc(Cl)cc2)N2CCC(=O)N21. The topological polar surface area (TPSA) is 95.5 Å². The summed E-state index contributed by atoms with van der Waals surface area (Å²) in [6, 6.07) is 7.09. The van der Waals surface area contributed by atoms with Gasteiger partial charge in [0, 0.05) is 24.4 Å². The molecular formula is C21H29ClN4O4Si. The van der Waals surface area contributed by atoms with E-state index in [9.17, 15) is 15.1 Å². The van der Waals surface area contributed by atoms with Gasteiger partial charge in [0.1, 0.15) is 0 Å². The molecule has 31 heavy (non-hydrogen) atoms. The van der Waals surface area contributed by atoms with E-state index in [0.717, 1.165) is 5.56 Å². The molecular weight excluding hydrogens is 436 g/mol. The summed E-state index contributed by atoms with van der Waals surface area (Å²) >= 11 is 6.07. The predicted octanol–water partition coefficient (Wildman–Crippen LogP) is 3.80. The zero-order valence-corrected chi connectivity index (χ0v) is 20.6. The normalized spacial score (nSPS) is 24.2. The van der Waals surface area contributed by atoms with Crippen LogP contribution in [0.25, 0.3) is 5.53 Å². The van der Waals surface area contributed by atoms with Crippen molar-refractivity contribution < 1.29 is 23.5 Å². The van der Waals surface area contributed by atoms with Gasteiger partial charge in [-0.2, -0.15) is 4.79 Å². The van der Waals surface area contributed by atoms with Crippen LogP contribution in [-0.4, -0.2) is 60.1 Å². The molecule has 0 bridgehead atoms. The van der Waals surface area contributed by atoms with Gasteiger partial charge in [-0.1, -0.05) is 44.5 Å². The molecule has 0 N–H and O–H groups in total. The highest BCUT2D eigenvalue weighted by Crippen LogP contribution is 2.50. The van der Waals surface area contributed by atoms with E-state index in [2.05, 4.69) is 25.6 Å². The zero-order valence-electron chi connectivity index (χ0n) is 18.8. The molecule has 0 saturated carbocycles. The van der Waals surface area contributed by atoms with E-state index in [1.807, 2.05) is 30.2 Å². The van der Waals surface area contributed by atoms with Crippen LogP contribution in [0.3, 0.4) is 0 Å². The van der Waals surface area contributed by atoms with Crippen LogP contribution in [0.1, 0.15) is 45.2 Å². The minimum absolute atomic E-state index is 0.194. The first-order valence-electron chi connectivity index (χ1n) is 10.2. The average Bonchev–Trinajstić information content (AvgIpc) is 3.21. The predicted molar refractivity (Wildman–Crippen MR) is 119 cm³/mol. The maximum Gasteiger partial charge on any atom is 0.428 e. The quantitative estimate of drug-likeness (QED) is 0.217. The van der Waals surface area contributed by atoms with Crippen LogP contribution in [0.15, 0.2) is 24.3 Å². The molecule has 2 heterocycles. The number of carbonyl (C=O) groups is 2. The second kappa shape index (κ2) is 8.15. The molecule has 2 fully saturated rings. The lowest BCUT2D eigenvalue weighted by molar-refractivity contribution is -0.166. The minimum Gasteiger partial charge on any atom is -0.460 e. The lowest BCUT2D eigenvalue weighted by Gasteiger charge is -2.44. The molecule has 168 valence electrons. The van der Waals surface area contributed by atoms with Gasteiger partial charge in [0.2, 0.25) is 5.91 Å². The van der Waals surface area contributed by atoms with Crippen LogP contribution in [0.2, 0.25) is 23.2 Å². The third kappa shape index (κ3) is 3.96. The Morgan fingerprint density at radius 2 is 1.90 bits per heavy atom. The molecule has 1 aromatic rings. The van der Waals surface area contributed by atoms with Crippen molar-refractivity contribution in [3.05, 3.63) is 40.4 Å². The van der Waals surface area contributed by atoms with Crippen molar-refractivity contribution in [2.45, 2.75) is 63.5 Å². The standard InChI is InChI=1S/C21H29ClN4O4Si/c1-20(2,3)31(5,6)30-21(18(24-23)19(28)29-4)13-16(14-7-9-15(22)10-8-14)25-12-11-17(27)26(21)25/h7-10,16H,11-13H2,1-6H3/t16-,21+/m0/s1.